The summed E-state index contributed by atoms with van der Waals surface area (Å²) in [5, 5.41) is 13.8. The van der Waals surface area contributed by atoms with Crippen LogP contribution in [0.4, 0.5) is 15.5 Å². The van der Waals surface area contributed by atoms with Crippen molar-refractivity contribution < 1.29 is 14.7 Å². The van der Waals surface area contributed by atoms with Gasteiger partial charge in [0, 0.05) is 5.54 Å². The maximum Gasteiger partial charge on any atom is 0.411 e. The van der Waals surface area contributed by atoms with E-state index in [1.54, 1.807) is 24.3 Å². The monoisotopic (exact) mass is 276 g/mol. The first-order valence-corrected chi connectivity index (χ1v) is 6.08. The van der Waals surface area contributed by atoms with E-state index in [2.05, 4.69) is 15.6 Å². The Balaban J connectivity index is 2.53. The van der Waals surface area contributed by atoms with Gasteiger partial charge in [0.2, 0.25) is 5.95 Å². The molecule has 0 aliphatic rings. The Morgan fingerprint density at radius 3 is 2.50 bits per heavy atom. The molecule has 2 amide bonds. The number of aromatic nitrogens is 2. The summed E-state index contributed by atoms with van der Waals surface area (Å²) in [6.45, 7) is 5.52. The fourth-order valence-corrected chi connectivity index (χ4v) is 1.79. The number of benzene rings is 1. The van der Waals surface area contributed by atoms with E-state index in [-0.39, 0.29) is 5.95 Å². The summed E-state index contributed by atoms with van der Waals surface area (Å²) in [6, 6.07) is 6.51. The number of hydrogen-bond donors (Lipinski definition) is 3. The Morgan fingerprint density at radius 1 is 1.25 bits per heavy atom. The molecular formula is C13H16N4O3. The van der Waals surface area contributed by atoms with Crippen LogP contribution in [0.15, 0.2) is 24.3 Å². The van der Waals surface area contributed by atoms with Crippen molar-refractivity contribution in [3.8, 4) is 0 Å². The lowest BCUT2D eigenvalue weighted by Crippen LogP contribution is -2.43. The number of anilines is 1. The van der Waals surface area contributed by atoms with Gasteiger partial charge in [0.1, 0.15) is 0 Å². The van der Waals surface area contributed by atoms with Crippen molar-refractivity contribution in [2.24, 2.45) is 0 Å². The first kappa shape index (κ1) is 13.9. The average Bonchev–Trinajstić information content (AvgIpc) is 2.63. The minimum Gasteiger partial charge on any atom is -0.465 e. The van der Waals surface area contributed by atoms with Crippen LogP contribution in [0.3, 0.4) is 0 Å². The predicted octanol–water partition coefficient (Wildman–Crippen LogP) is 2.48. The molecule has 0 aliphatic carbocycles. The molecule has 0 fully saturated rings. The van der Waals surface area contributed by atoms with Crippen LogP contribution in [0.5, 0.6) is 0 Å². The van der Waals surface area contributed by atoms with E-state index < -0.39 is 17.7 Å². The second-order valence-electron chi connectivity index (χ2n) is 5.37. The van der Waals surface area contributed by atoms with Crippen LogP contribution in [0.25, 0.3) is 11.0 Å². The van der Waals surface area contributed by atoms with Gasteiger partial charge in [-0.15, -0.1) is 0 Å². The smallest absolute Gasteiger partial charge is 0.411 e. The Hall–Kier alpha value is -2.57. The van der Waals surface area contributed by atoms with Crippen molar-refractivity contribution in [2.45, 2.75) is 26.3 Å². The number of para-hydroxylation sites is 2. The van der Waals surface area contributed by atoms with Gasteiger partial charge in [0.15, 0.2) is 0 Å². The molecule has 0 radical (unpaired) electrons. The van der Waals surface area contributed by atoms with Gasteiger partial charge in [0.05, 0.1) is 11.0 Å². The summed E-state index contributed by atoms with van der Waals surface area (Å²) in [5.74, 6) is -0.0274. The molecule has 106 valence electrons. The lowest BCUT2D eigenvalue weighted by molar-refractivity contribution is 0.209. The van der Waals surface area contributed by atoms with Gasteiger partial charge >= 0.3 is 12.1 Å². The molecule has 2 aromatic rings. The molecule has 7 heteroatoms. The molecule has 0 bridgehead atoms. The van der Waals surface area contributed by atoms with Gasteiger partial charge in [-0.3, -0.25) is 5.32 Å². The molecule has 0 unspecified atom stereocenters. The molecule has 0 atom stereocenters. The second kappa shape index (κ2) is 4.84. The molecule has 3 N–H and O–H groups in total. The summed E-state index contributed by atoms with van der Waals surface area (Å²) in [4.78, 5) is 27.2. The number of fused-ring (bicyclic) bond motifs is 1. The van der Waals surface area contributed by atoms with Crippen LogP contribution < -0.4 is 10.6 Å². The molecule has 2 rings (SSSR count). The zero-order valence-electron chi connectivity index (χ0n) is 11.5. The molecule has 20 heavy (non-hydrogen) atoms. The second-order valence-corrected chi connectivity index (χ2v) is 5.37. The Morgan fingerprint density at radius 2 is 1.90 bits per heavy atom. The third-order valence-corrected chi connectivity index (χ3v) is 2.46. The van der Waals surface area contributed by atoms with E-state index in [1.807, 2.05) is 20.8 Å². The largest absolute Gasteiger partial charge is 0.465 e. The number of nitrogens with zero attached hydrogens (tertiary/aromatic N) is 2. The van der Waals surface area contributed by atoms with E-state index >= 15 is 0 Å². The van der Waals surface area contributed by atoms with Crippen LogP contribution in [0.2, 0.25) is 0 Å². The van der Waals surface area contributed by atoms with E-state index in [9.17, 15) is 9.59 Å². The third-order valence-electron chi connectivity index (χ3n) is 2.46. The fraction of sp³-hybridized carbons (Fsp3) is 0.308. The van der Waals surface area contributed by atoms with Crippen molar-refractivity contribution in [2.75, 3.05) is 5.32 Å². The fourth-order valence-electron chi connectivity index (χ4n) is 1.79. The number of nitrogens with one attached hydrogen (secondary N) is 2. The highest BCUT2D eigenvalue weighted by Crippen LogP contribution is 2.19. The molecule has 0 saturated carbocycles. The van der Waals surface area contributed by atoms with E-state index in [4.69, 9.17) is 5.11 Å². The summed E-state index contributed by atoms with van der Waals surface area (Å²) in [6.07, 6.45) is -1.27. The van der Waals surface area contributed by atoms with Crippen LogP contribution in [-0.4, -0.2) is 32.3 Å². The number of carbonyl (C=O) groups is 2. The van der Waals surface area contributed by atoms with Crippen molar-refractivity contribution in [1.82, 2.24) is 14.9 Å². The van der Waals surface area contributed by atoms with Gasteiger partial charge in [-0.05, 0) is 32.9 Å². The third kappa shape index (κ3) is 2.87. The molecule has 0 aliphatic heterocycles. The van der Waals surface area contributed by atoms with Crippen molar-refractivity contribution in [1.29, 1.82) is 0 Å². The summed E-state index contributed by atoms with van der Waals surface area (Å²) in [5.41, 5.74) is 0.640. The number of rotatable bonds is 1. The van der Waals surface area contributed by atoms with Crippen LogP contribution >= 0.6 is 0 Å². The molecule has 7 nitrogen and oxygen atoms in total. The van der Waals surface area contributed by atoms with Gasteiger partial charge in [-0.25, -0.2) is 19.1 Å². The van der Waals surface area contributed by atoms with Gasteiger partial charge in [0.25, 0.3) is 0 Å². The minimum absolute atomic E-state index is 0.0274. The van der Waals surface area contributed by atoms with Gasteiger partial charge in [-0.1, -0.05) is 12.1 Å². The number of carboxylic acid groups (broad SMARTS) is 1. The number of hydrogen-bond acceptors (Lipinski definition) is 3. The van der Waals surface area contributed by atoms with Crippen molar-refractivity contribution in [3.05, 3.63) is 24.3 Å². The molecular weight excluding hydrogens is 260 g/mol. The Kier molecular flexibility index (Phi) is 3.35. The Bertz CT molecular complexity index is 670. The number of carbonyl (C=O) groups excluding carboxylic acids is 1. The van der Waals surface area contributed by atoms with E-state index in [0.29, 0.717) is 11.0 Å². The average molecular weight is 276 g/mol. The lowest BCUT2D eigenvalue weighted by atomic mass is 10.1. The lowest BCUT2D eigenvalue weighted by Gasteiger charge is -2.21. The molecule has 1 aromatic carbocycles. The summed E-state index contributed by atoms with van der Waals surface area (Å²) in [7, 11) is 0. The summed E-state index contributed by atoms with van der Waals surface area (Å²) >= 11 is 0. The predicted molar refractivity (Wildman–Crippen MR) is 75.1 cm³/mol. The quantitative estimate of drug-likeness (QED) is 0.745. The van der Waals surface area contributed by atoms with Crippen molar-refractivity contribution >= 4 is 29.1 Å². The van der Waals surface area contributed by atoms with Crippen LogP contribution in [0.1, 0.15) is 20.8 Å². The topological polar surface area (TPSA) is 96.2 Å². The highest BCUT2D eigenvalue weighted by atomic mass is 16.4. The number of imidazole rings is 1. The first-order chi connectivity index (χ1) is 9.28. The standard InChI is InChI=1S/C13H16N4O3/c1-13(2,3)16-11(18)17-9-7-5-4-6-8(9)14-10(17)15-12(19)20/h4-7H,1-3H3,(H,14,15)(H,16,18)(H,19,20). The molecule has 1 heterocycles. The SMILES string of the molecule is CC(C)(C)NC(=O)n1c(NC(=O)O)nc2ccccc21. The van der Waals surface area contributed by atoms with Crippen LogP contribution in [-0.2, 0) is 0 Å². The Labute approximate surface area is 115 Å². The first-order valence-electron chi connectivity index (χ1n) is 6.08. The molecule has 1 aromatic heterocycles. The maximum atomic E-state index is 12.3. The van der Waals surface area contributed by atoms with Gasteiger partial charge in [-0.2, -0.15) is 0 Å². The summed E-state index contributed by atoms with van der Waals surface area (Å²) < 4.78 is 1.22. The zero-order valence-corrected chi connectivity index (χ0v) is 11.5. The van der Waals surface area contributed by atoms with E-state index in [0.717, 1.165) is 0 Å². The highest BCUT2D eigenvalue weighted by Gasteiger charge is 2.21. The highest BCUT2D eigenvalue weighted by molar-refractivity contribution is 5.96. The minimum atomic E-state index is -1.27. The number of amides is 2. The molecule has 0 spiro atoms. The molecule has 0 saturated heterocycles. The zero-order chi connectivity index (χ0) is 14.9. The van der Waals surface area contributed by atoms with E-state index in [1.165, 1.54) is 4.57 Å². The maximum absolute atomic E-state index is 12.3. The van der Waals surface area contributed by atoms with Crippen molar-refractivity contribution in [3.63, 3.8) is 0 Å². The van der Waals surface area contributed by atoms with Gasteiger partial charge < -0.3 is 10.4 Å². The van der Waals surface area contributed by atoms with Crippen LogP contribution in [0, 0.1) is 0 Å². The normalized spacial score (nSPS) is 11.3.